The molecule has 8 heteroatoms. The Hall–Kier alpha value is -5.48. The van der Waals surface area contributed by atoms with E-state index in [0.29, 0.717) is 0 Å². The van der Waals surface area contributed by atoms with Crippen LogP contribution < -0.4 is 4.74 Å². The van der Waals surface area contributed by atoms with Gasteiger partial charge in [0.15, 0.2) is 14.7 Å². The fraction of sp³-hybridized carbons (Fsp3) is 0.0400. The van der Waals surface area contributed by atoms with E-state index in [2.05, 4.69) is 182 Å². The second-order valence-corrected chi connectivity index (χ2v) is 18.9. The van der Waals surface area contributed by atoms with Gasteiger partial charge in [-0.2, -0.15) is 0 Å². The fourth-order valence-electron chi connectivity index (χ4n) is 6.08. The van der Waals surface area contributed by atoms with Gasteiger partial charge in [0.2, 0.25) is 0 Å². The summed E-state index contributed by atoms with van der Waals surface area (Å²) in [6, 6.07) is 71.1. The van der Waals surface area contributed by atoms with Crippen molar-refractivity contribution in [2.45, 2.75) is 46.1 Å². The lowest BCUT2D eigenvalue weighted by Gasteiger charge is -2.11. The lowest BCUT2D eigenvalue weighted by atomic mass is 10.1. The van der Waals surface area contributed by atoms with Crippen molar-refractivity contribution < 1.29 is 17.7 Å². The quantitative estimate of drug-likeness (QED) is 0.0955. The Morgan fingerprint density at radius 2 is 0.759 bits per heavy atom. The second kappa shape index (κ2) is 19.3. The Bertz CT molecular complexity index is 2490. The van der Waals surface area contributed by atoms with Gasteiger partial charge in [0, 0.05) is 19.6 Å². The highest BCUT2D eigenvalue weighted by atomic mass is 32.2. The average Bonchev–Trinajstić information content (AvgIpc) is 3.26. The lowest BCUT2D eigenvalue weighted by molar-refractivity contribution is 0.414. The van der Waals surface area contributed by atoms with Gasteiger partial charge in [-0.05, 0) is 138 Å². The Labute approximate surface area is 353 Å². The molecule has 0 heterocycles. The van der Waals surface area contributed by atoms with Crippen molar-refractivity contribution >= 4 is 44.5 Å². The number of ether oxygens (including phenoxy) is 1. The van der Waals surface area contributed by atoms with E-state index in [4.69, 9.17) is 4.74 Å². The summed E-state index contributed by atoms with van der Waals surface area (Å²) in [4.78, 5) is 8.58. The number of benzene rings is 8. The van der Waals surface area contributed by atoms with Crippen LogP contribution in [0.5, 0.6) is 5.75 Å². The fourth-order valence-corrected chi connectivity index (χ4v) is 10.2. The van der Waals surface area contributed by atoms with Gasteiger partial charge in [0.25, 0.3) is 0 Å². The highest BCUT2D eigenvalue weighted by Crippen LogP contribution is 2.37. The number of hydrogen-bond donors (Lipinski definition) is 0. The third kappa shape index (κ3) is 10.9. The van der Waals surface area contributed by atoms with Gasteiger partial charge in [0.1, 0.15) is 15.9 Å². The van der Waals surface area contributed by atoms with Gasteiger partial charge in [-0.25, -0.2) is 8.42 Å². The first kappa shape index (κ1) is 40.7. The largest absolute Gasteiger partial charge is 0.744 e. The molecule has 0 saturated heterocycles. The summed E-state index contributed by atoms with van der Waals surface area (Å²) in [6.07, 6.45) is 0. The molecule has 0 saturated carbocycles. The normalized spacial score (nSPS) is 11.1. The molecule has 0 aliphatic carbocycles. The number of hydrogen-bond acceptors (Lipinski definition) is 6. The van der Waals surface area contributed by atoms with Crippen LogP contribution >= 0.6 is 23.5 Å². The molecular formula is C50H40O4S4. The highest BCUT2D eigenvalue weighted by molar-refractivity contribution is 7.99. The van der Waals surface area contributed by atoms with Crippen LogP contribution in [0.4, 0.5) is 0 Å². The average molecular weight is 833 g/mol. The molecule has 0 radical (unpaired) electrons. The van der Waals surface area contributed by atoms with E-state index in [-0.39, 0.29) is 15.8 Å². The van der Waals surface area contributed by atoms with Crippen molar-refractivity contribution in [1.82, 2.24) is 0 Å². The van der Waals surface area contributed by atoms with Crippen molar-refractivity contribution in [2.75, 3.05) is 7.11 Å². The van der Waals surface area contributed by atoms with Gasteiger partial charge in [0.05, 0.1) is 22.9 Å². The van der Waals surface area contributed by atoms with Crippen molar-refractivity contribution in [2.24, 2.45) is 0 Å². The molecular weight excluding hydrogens is 793 g/mol. The van der Waals surface area contributed by atoms with Crippen LogP contribution in [0.15, 0.2) is 245 Å². The first-order valence-corrected chi connectivity index (χ1v) is 22.8. The third-order valence-corrected chi connectivity index (χ3v) is 14.2. The minimum atomic E-state index is -4.27. The predicted octanol–water partition coefficient (Wildman–Crippen LogP) is 13.3. The minimum absolute atomic E-state index is 0.178. The molecule has 0 unspecified atom stereocenters. The molecule has 8 aromatic rings. The van der Waals surface area contributed by atoms with Gasteiger partial charge >= 0.3 is 0 Å². The van der Waals surface area contributed by atoms with E-state index in [0.717, 1.165) is 11.3 Å². The maximum Gasteiger partial charge on any atom is 0.166 e. The Kier molecular flexibility index (Phi) is 13.6. The Morgan fingerprint density at radius 3 is 1.10 bits per heavy atom. The summed E-state index contributed by atoms with van der Waals surface area (Å²) in [5.41, 5.74) is 5.88. The van der Waals surface area contributed by atoms with Crippen molar-refractivity contribution in [3.05, 3.63) is 212 Å². The van der Waals surface area contributed by atoms with E-state index in [1.165, 1.54) is 68.7 Å². The Balaban J connectivity index is 0.000000404. The minimum Gasteiger partial charge on any atom is -0.744 e. The van der Waals surface area contributed by atoms with Crippen LogP contribution in [0.25, 0.3) is 22.3 Å². The van der Waals surface area contributed by atoms with E-state index in [1.807, 2.05) is 6.92 Å². The summed E-state index contributed by atoms with van der Waals surface area (Å²) >= 11 is 3.59. The first-order valence-electron chi connectivity index (χ1n) is 18.5. The molecule has 8 aromatic carbocycles. The summed E-state index contributed by atoms with van der Waals surface area (Å²) in [6.45, 7) is 1.82. The highest BCUT2D eigenvalue weighted by Gasteiger charge is 2.29. The molecule has 0 N–H and O–H groups in total. The molecule has 0 fully saturated rings. The first-order chi connectivity index (χ1) is 28.2. The molecule has 58 heavy (non-hydrogen) atoms. The van der Waals surface area contributed by atoms with Gasteiger partial charge in [-0.15, -0.1) is 0 Å². The van der Waals surface area contributed by atoms with E-state index in [9.17, 15) is 13.0 Å². The number of rotatable bonds is 11. The van der Waals surface area contributed by atoms with E-state index in [1.54, 1.807) is 42.8 Å². The van der Waals surface area contributed by atoms with Crippen molar-refractivity contribution in [1.29, 1.82) is 0 Å². The van der Waals surface area contributed by atoms with Gasteiger partial charge in [-0.3, -0.25) is 0 Å². The summed E-state index contributed by atoms with van der Waals surface area (Å²) in [7, 11) is -2.81. The third-order valence-electron chi connectivity index (χ3n) is 9.12. The molecule has 4 nitrogen and oxygen atoms in total. The zero-order valence-corrected chi connectivity index (χ0v) is 35.2. The van der Waals surface area contributed by atoms with Gasteiger partial charge in [-0.1, -0.05) is 126 Å². The zero-order chi connectivity index (χ0) is 40.3. The zero-order valence-electron chi connectivity index (χ0n) is 31.9. The molecule has 0 aliphatic rings. The van der Waals surface area contributed by atoms with E-state index >= 15 is 0 Å². The topological polar surface area (TPSA) is 66.4 Å². The molecule has 0 atom stereocenters. The van der Waals surface area contributed by atoms with Crippen LogP contribution in [0, 0.1) is 6.92 Å². The van der Waals surface area contributed by atoms with Crippen LogP contribution in [-0.2, 0) is 21.0 Å². The molecule has 0 aromatic heterocycles. The summed E-state index contributed by atoms with van der Waals surface area (Å²) in [5, 5.41) is 0. The monoisotopic (exact) mass is 832 g/mol. The smallest absolute Gasteiger partial charge is 0.166 e. The molecule has 0 aliphatic heterocycles. The summed E-state index contributed by atoms with van der Waals surface area (Å²) in [5.74, 6) is 0.868. The molecule has 288 valence electrons. The standard InChI is InChI=1S/C43H33OS3.C7H8O3S/c1-44-36-16-26-41(27-17-36)47(42-28-22-39(23-29-42)45-37-18-12-34(13-19-37)32-8-4-2-5-9-32)43-30-24-40(25-31-43)46-38-20-14-35(15-21-38)33-10-6-3-7-11-33;1-6-2-4-7(5-3-6)11(8,9)10/h2-31H,1H3;2-5H,1H3,(H,8,9,10)/q+1;/p-1. The van der Waals surface area contributed by atoms with Gasteiger partial charge < -0.3 is 9.29 Å². The lowest BCUT2D eigenvalue weighted by Crippen LogP contribution is -2.04. The van der Waals surface area contributed by atoms with E-state index < -0.39 is 10.1 Å². The van der Waals surface area contributed by atoms with Crippen LogP contribution in [0.1, 0.15) is 5.56 Å². The predicted molar refractivity (Wildman–Crippen MR) is 239 cm³/mol. The number of methoxy groups -OCH3 is 1. The second-order valence-electron chi connectivity index (χ2n) is 13.2. The van der Waals surface area contributed by atoms with Crippen LogP contribution in [0.2, 0.25) is 0 Å². The molecule has 0 spiro atoms. The van der Waals surface area contributed by atoms with Crippen LogP contribution in [-0.4, -0.2) is 20.1 Å². The number of aryl methyl sites for hydroxylation is 1. The Morgan fingerprint density at radius 1 is 0.431 bits per heavy atom. The molecule has 0 bridgehead atoms. The summed E-state index contributed by atoms with van der Waals surface area (Å²) < 4.78 is 36.6. The SMILES string of the molecule is COc1ccc([S+](c2ccc(Sc3ccc(-c4ccccc4)cc3)cc2)c2ccc(Sc3ccc(-c4ccccc4)cc3)cc2)cc1.Cc1ccc(S(=O)(=O)[O-])cc1. The maximum absolute atomic E-state index is 10.4. The van der Waals surface area contributed by atoms with Crippen LogP contribution in [0.3, 0.4) is 0 Å². The molecule has 0 amide bonds. The van der Waals surface area contributed by atoms with Crippen molar-refractivity contribution in [3.63, 3.8) is 0 Å². The maximum atomic E-state index is 10.4. The van der Waals surface area contributed by atoms with Crippen molar-refractivity contribution in [3.8, 4) is 28.0 Å². The molecule has 8 rings (SSSR count).